The molecule has 8 heteroatoms. The molecule has 0 bridgehead atoms. The maximum Gasteiger partial charge on any atom is 0.343 e. The first kappa shape index (κ1) is 13.5. The average molecular weight is 289 g/mol. The summed E-state index contributed by atoms with van der Waals surface area (Å²) >= 11 is 0. The van der Waals surface area contributed by atoms with Gasteiger partial charge in [-0.15, -0.1) is 0 Å². The predicted molar refractivity (Wildman–Crippen MR) is 73.5 cm³/mol. The molecule has 0 saturated heterocycles. The number of aromatic nitrogens is 4. The highest BCUT2D eigenvalue weighted by Crippen LogP contribution is 2.21. The quantitative estimate of drug-likeness (QED) is 0.791. The van der Waals surface area contributed by atoms with Gasteiger partial charge in [0.2, 0.25) is 0 Å². The molecule has 8 nitrogen and oxygen atoms in total. The number of β-amino-alcohol motifs (C(OH)–C–C–N with tert-alkyl or cyclic N) is 1. The van der Waals surface area contributed by atoms with Crippen LogP contribution < -0.4 is 4.90 Å². The van der Waals surface area contributed by atoms with Gasteiger partial charge in [-0.1, -0.05) is 0 Å². The van der Waals surface area contributed by atoms with E-state index in [1.54, 1.807) is 17.1 Å². The fourth-order valence-corrected chi connectivity index (χ4v) is 2.15. The van der Waals surface area contributed by atoms with Gasteiger partial charge in [0.15, 0.2) is 0 Å². The number of aryl methyl sites for hydroxylation is 1. The molecule has 21 heavy (non-hydrogen) atoms. The molecule has 0 spiro atoms. The highest BCUT2D eigenvalue weighted by atomic mass is 16.5. The monoisotopic (exact) mass is 289 g/mol. The maximum atomic E-state index is 11.9. The van der Waals surface area contributed by atoms with Gasteiger partial charge in [-0.25, -0.2) is 14.5 Å². The minimum atomic E-state index is -0.450. The average Bonchev–Trinajstić information content (AvgIpc) is 2.85. The van der Waals surface area contributed by atoms with Crippen LogP contribution in [0.4, 0.5) is 5.82 Å². The Labute approximate surface area is 121 Å². The van der Waals surface area contributed by atoms with Crippen molar-refractivity contribution in [3.63, 3.8) is 0 Å². The molecule has 0 unspecified atom stereocenters. The van der Waals surface area contributed by atoms with Crippen LogP contribution in [0.1, 0.15) is 15.9 Å². The lowest BCUT2D eigenvalue weighted by Crippen LogP contribution is -2.30. The first-order chi connectivity index (χ1) is 10.2. The third-order valence-electron chi connectivity index (χ3n) is 3.16. The fourth-order valence-electron chi connectivity index (χ4n) is 2.15. The number of carbonyl (C=O) groups excluding carboxylic acids is 1. The lowest BCUT2D eigenvalue weighted by molar-refractivity contribution is 0.0525. The molecular formula is C13H15N5O3. The van der Waals surface area contributed by atoms with Gasteiger partial charge in [-0.2, -0.15) is 10.1 Å². The Morgan fingerprint density at radius 2 is 2.29 bits per heavy atom. The first-order valence-corrected chi connectivity index (χ1v) is 6.60. The number of hydrogen-bond acceptors (Lipinski definition) is 7. The number of esters is 1. The van der Waals surface area contributed by atoms with Crippen molar-refractivity contribution in [1.29, 1.82) is 0 Å². The van der Waals surface area contributed by atoms with Gasteiger partial charge in [0.1, 0.15) is 18.0 Å². The fraction of sp³-hybridized carbons (Fsp3) is 0.385. The van der Waals surface area contributed by atoms with Gasteiger partial charge < -0.3 is 14.7 Å². The van der Waals surface area contributed by atoms with Gasteiger partial charge in [0.25, 0.3) is 5.95 Å². The summed E-state index contributed by atoms with van der Waals surface area (Å²) < 4.78 is 6.64. The molecule has 3 heterocycles. The zero-order valence-corrected chi connectivity index (χ0v) is 11.6. The number of carbonyl (C=O) groups is 1. The lowest BCUT2D eigenvalue weighted by atomic mass is 10.3. The van der Waals surface area contributed by atoms with Crippen LogP contribution in [0, 0.1) is 6.92 Å². The van der Waals surface area contributed by atoms with Crippen molar-refractivity contribution in [3.8, 4) is 5.95 Å². The van der Waals surface area contributed by atoms with E-state index in [4.69, 9.17) is 9.84 Å². The van der Waals surface area contributed by atoms with Crippen LogP contribution in [0.2, 0.25) is 0 Å². The van der Waals surface area contributed by atoms with Crippen molar-refractivity contribution in [3.05, 3.63) is 29.7 Å². The third-order valence-corrected chi connectivity index (χ3v) is 3.16. The Balaban J connectivity index is 2.06. The number of hydrogen-bond donors (Lipinski definition) is 1. The van der Waals surface area contributed by atoms with Crippen molar-refractivity contribution in [1.82, 2.24) is 19.7 Å². The summed E-state index contributed by atoms with van der Waals surface area (Å²) in [6, 6.07) is 0. The van der Waals surface area contributed by atoms with Crippen LogP contribution in [0.3, 0.4) is 0 Å². The Morgan fingerprint density at radius 1 is 1.43 bits per heavy atom. The minimum absolute atomic E-state index is 0.0339. The second-order valence-corrected chi connectivity index (χ2v) is 4.72. The standard InChI is InChI=1S/C13H15N5O3/c1-9-6-15-18(8-9)13-14-7-10-11(16-13)17(2-4-19)3-5-21-12(10)20/h6-8,19H,2-5H2,1H3. The van der Waals surface area contributed by atoms with Crippen LogP contribution in [0.5, 0.6) is 0 Å². The molecule has 110 valence electrons. The molecule has 1 N–H and O–H groups in total. The molecule has 0 radical (unpaired) electrons. The molecule has 0 aromatic carbocycles. The van der Waals surface area contributed by atoms with E-state index in [2.05, 4.69) is 15.1 Å². The molecule has 0 fully saturated rings. The predicted octanol–water partition coefficient (Wildman–Crippen LogP) is -0.0602. The summed E-state index contributed by atoms with van der Waals surface area (Å²) in [4.78, 5) is 22.3. The number of fused-ring (bicyclic) bond motifs is 1. The SMILES string of the molecule is Cc1cnn(-c2ncc3c(n2)N(CCO)CCOC3=O)c1. The van der Waals surface area contributed by atoms with Gasteiger partial charge in [0, 0.05) is 18.9 Å². The normalized spacial score (nSPS) is 14.6. The number of cyclic esters (lactones) is 1. The van der Waals surface area contributed by atoms with E-state index in [9.17, 15) is 4.79 Å². The zero-order valence-electron chi connectivity index (χ0n) is 11.6. The minimum Gasteiger partial charge on any atom is -0.460 e. The second kappa shape index (κ2) is 5.49. The van der Waals surface area contributed by atoms with Crippen LogP contribution >= 0.6 is 0 Å². The smallest absolute Gasteiger partial charge is 0.343 e. The summed E-state index contributed by atoms with van der Waals surface area (Å²) in [5, 5.41) is 13.3. The number of anilines is 1. The molecule has 0 aliphatic carbocycles. The Bertz CT molecular complexity index is 670. The molecule has 0 saturated carbocycles. The Kier molecular flexibility index (Phi) is 3.53. The lowest BCUT2D eigenvalue weighted by Gasteiger charge is -2.21. The Hall–Kier alpha value is -2.48. The number of ether oxygens (including phenoxy) is 1. The molecule has 0 amide bonds. The summed E-state index contributed by atoms with van der Waals surface area (Å²) in [5.41, 5.74) is 1.29. The molecule has 2 aromatic rings. The third kappa shape index (κ3) is 2.57. The maximum absolute atomic E-state index is 11.9. The van der Waals surface area contributed by atoms with E-state index in [-0.39, 0.29) is 13.2 Å². The first-order valence-electron chi connectivity index (χ1n) is 6.60. The number of aliphatic hydroxyl groups excluding tert-OH is 1. The summed E-state index contributed by atoms with van der Waals surface area (Å²) in [6.45, 7) is 2.99. The van der Waals surface area contributed by atoms with Gasteiger partial charge >= 0.3 is 5.97 Å². The van der Waals surface area contributed by atoms with E-state index in [0.717, 1.165) is 5.56 Å². The summed E-state index contributed by atoms with van der Waals surface area (Å²) in [6.07, 6.45) is 4.94. The van der Waals surface area contributed by atoms with E-state index in [1.165, 1.54) is 6.20 Å². The van der Waals surface area contributed by atoms with Gasteiger partial charge in [-0.3, -0.25) is 0 Å². The zero-order chi connectivity index (χ0) is 14.8. The van der Waals surface area contributed by atoms with Crippen molar-refractivity contribution >= 4 is 11.8 Å². The largest absolute Gasteiger partial charge is 0.460 e. The highest BCUT2D eigenvalue weighted by Gasteiger charge is 2.24. The number of nitrogens with zero attached hydrogens (tertiary/aromatic N) is 5. The van der Waals surface area contributed by atoms with Crippen LogP contribution in [-0.4, -0.2) is 57.1 Å². The van der Waals surface area contributed by atoms with Crippen LogP contribution in [-0.2, 0) is 4.74 Å². The molecule has 1 aliphatic heterocycles. The van der Waals surface area contributed by atoms with E-state index >= 15 is 0 Å². The van der Waals surface area contributed by atoms with E-state index < -0.39 is 5.97 Å². The highest BCUT2D eigenvalue weighted by molar-refractivity contribution is 5.95. The second-order valence-electron chi connectivity index (χ2n) is 4.72. The van der Waals surface area contributed by atoms with Gasteiger partial charge in [-0.05, 0) is 12.5 Å². The number of rotatable bonds is 3. The molecule has 3 rings (SSSR count). The molecule has 2 aromatic heterocycles. The van der Waals surface area contributed by atoms with Crippen molar-refractivity contribution in [2.45, 2.75) is 6.92 Å². The van der Waals surface area contributed by atoms with E-state index in [1.807, 2.05) is 11.8 Å². The van der Waals surface area contributed by atoms with Crippen molar-refractivity contribution < 1.29 is 14.6 Å². The van der Waals surface area contributed by atoms with E-state index in [0.29, 0.717) is 30.4 Å². The van der Waals surface area contributed by atoms with Gasteiger partial charge in [0.05, 0.1) is 19.3 Å². The van der Waals surface area contributed by atoms with Crippen LogP contribution in [0.25, 0.3) is 5.95 Å². The number of aliphatic hydroxyl groups is 1. The molecule has 1 aliphatic rings. The van der Waals surface area contributed by atoms with Crippen molar-refractivity contribution in [2.75, 3.05) is 31.2 Å². The Morgan fingerprint density at radius 3 is 3.00 bits per heavy atom. The molecule has 0 atom stereocenters. The summed E-state index contributed by atoms with van der Waals surface area (Å²) in [5.74, 6) is 0.387. The molecular weight excluding hydrogens is 274 g/mol. The van der Waals surface area contributed by atoms with Crippen molar-refractivity contribution in [2.24, 2.45) is 0 Å². The summed E-state index contributed by atoms with van der Waals surface area (Å²) in [7, 11) is 0. The topological polar surface area (TPSA) is 93.4 Å². The van der Waals surface area contributed by atoms with Crippen LogP contribution in [0.15, 0.2) is 18.6 Å².